The Bertz CT molecular complexity index is 1710. The number of carbonyl (C=O) groups is 1. The van der Waals surface area contributed by atoms with E-state index in [1.807, 2.05) is 60.8 Å². The van der Waals surface area contributed by atoms with Gasteiger partial charge in [-0.3, -0.25) is 9.36 Å². The fourth-order valence-corrected chi connectivity index (χ4v) is 5.88. The number of aromatic nitrogens is 2. The van der Waals surface area contributed by atoms with E-state index in [0.717, 1.165) is 26.5 Å². The van der Waals surface area contributed by atoms with Gasteiger partial charge in [0, 0.05) is 33.7 Å². The van der Waals surface area contributed by atoms with Crippen LogP contribution in [0.15, 0.2) is 92.9 Å². The minimum Gasteiger partial charge on any atom is -0.463 e. The lowest BCUT2D eigenvalue weighted by Gasteiger charge is -2.24. The third-order valence-corrected chi connectivity index (χ3v) is 7.65. The van der Waals surface area contributed by atoms with E-state index in [0.29, 0.717) is 27.1 Å². The average Bonchev–Trinajstić information content (AvgIpc) is 3.36. The molecule has 6 nitrogen and oxygen atoms in total. The van der Waals surface area contributed by atoms with Crippen molar-refractivity contribution in [2.75, 3.05) is 6.61 Å². The molecule has 0 bridgehead atoms. The number of fused-ring (bicyclic) bond motifs is 2. The molecule has 5 rings (SSSR count). The van der Waals surface area contributed by atoms with E-state index in [1.54, 1.807) is 18.4 Å². The molecule has 2 aromatic carbocycles. The average molecular weight is 562 g/mol. The fourth-order valence-electron chi connectivity index (χ4n) is 4.57. The quantitative estimate of drug-likeness (QED) is 0.253. The Morgan fingerprint density at radius 2 is 1.97 bits per heavy atom. The van der Waals surface area contributed by atoms with Crippen molar-refractivity contribution < 1.29 is 9.53 Å². The highest BCUT2D eigenvalue weighted by Gasteiger charge is 2.33. The van der Waals surface area contributed by atoms with Gasteiger partial charge in [0.25, 0.3) is 5.56 Å². The number of nitrogens with zero attached hydrogens (tertiary/aromatic N) is 3. The van der Waals surface area contributed by atoms with Gasteiger partial charge < -0.3 is 9.30 Å². The maximum absolute atomic E-state index is 13.8. The first kappa shape index (κ1) is 24.2. The summed E-state index contributed by atoms with van der Waals surface area (Å²) in [7, 11) is 0. The van der Waals surface area contributed by atoms with Gasteiger partial charge in [0.2, 0.25) is 0 Å². The molecule has 0 saturated carbocycles. The van der Waals surface area contributed by atoms with Crippen LogP contribution in [0, 0.1) is 0 Å². The zero-order chi connectivity index (χ0) is 25.4. The molecule has 1 atom stereocenters. The standard InChI is InChI=1S/C28H24BrN3O3S/c1-4-14-31-16-19(21-8-6-7-9-22(21)31)15-23-26(33)32-25(18-10-12-20(29)13-11-18)24(27(34)35-5-2)17(3)30-28(32)36-23/h4,6-13,15-16,25H,1,5,14H2,2-3H3/b23-15-/t25-/m0/s1. The van der Waals surface area contributed by atoms with E-state index < -0.39 is 12.0 Å². The van der Waals surface area contributed by atoms with Gasteiger partial charge in [0.15, 0.2) is 4.80 Å². The van der Waals surface area contributed by atoms with Crippen LogP contribution >= 0.6 is 27.3 Å². The van der Waals surface area contributed by atoms with Crippen molar-refractivity contribution in [1.29, 1.82) is 0 Å². The van der Waals surface area contributed by atoms with Crippen LogP contribution in [0.5, 0.6) is 0 Å². The number of hydrogen-bond donors (Lipinski definition) is 0. The molecule has 8 heteroatoms. The number of halogens is 1. The van der Waals surface area contributed by atoms with Gasteiger partial charge >= 0.3 is 5.97 Å². The molecule has 0 amide bonds. The lowest BCUT2D eigenvalue weighted by molar-refractivity contribution is -0.139. The van der Waals surface area contributed by atoms with Gasteiger partial charge in [-0.15, -0.1) is 6.58 Å². The van der Waals surface area contributed by atoms with Crippen LogP contribution in [0.25, 0.3) is 17.0 Å². The highest BCUT2D eigenvalue weighted by atomic mass is 79.9. The summed E-state index contributed by atoms with van der Waals surface area (Å²) < 4.78 is 10.5. The lowest BCUT2D eigenvalue weighted by Crippen LogP contribution is -2.39. The number of rotatable bonds is 6. The second-order valence-electron chi connectivity index (χ2n) is 8.40. The summed E-state index contributed by atoms with van der Waals surface area (Å²) in [5.74, 6) is -0.464. The van der Waals surface area contributed by atoms with Crippen molar-refractivity contribution in [3.63, 3.8) is 0 Å². The molecular weight excluding hydrogens is 538 g/mol. The maximum Gasteiger partial charge on any atom is 0.338 e. The van der Waals surface area contributed by atoms with Crippen LogP contribution in [0.4, 0.5) is 0 Å². The first-order valence-electron chi connectivity index (χ1n) is 11.6. The van der Waals surface area contributed by atoms with Gasteiger partial charge in [-0.25, -0.2) is 9.79 Å². The minimum absolute atomic E-state index is 0.193. The van der Waals surface area contributed by atoms with Gasteiger partial charge in [0.1, 0.15) is 0 Å². The van der Waals surface area contributed by atoms with Crippen molar-refractivity contribution >= 4 is 50.2 Å². The van der Waals surface area contributed by atoms with Crippen LogP contribution < -0.4 is 14.9 Å². The predicted octanol–water partition coefficient (Wildman–Crippen LogP) is 4.70. The number of hydrogen-bond acceptors (Lipinski definition) is 5. The molecule has 0 aliphatic carbocycles. The van der Waals surface area contributed by atoms with E-state index in [-0.39, 0.29) is 12.2 Å². The van der Waals surface area contributed by atoms with Crippen LogP contribution in [0.2, 0.25) is 0 Å². The van der Waals surface area contributed by atoms with Crippen LogP contribution in [0.1, 0.15) is 31.0 Å². The third-order valence-electron chi connectivity index (χ3n) is 6.13. The summed E-state index contributed by atoms with van der Waals surface area (Å²) in [5.41, 5.74) is 3.56. The molecule has 0 saturated heterocycles. The lowest BCUT2D eigenvalue weighted by atomic mass is 9.96. The summed E-state index contributed by atoms with van der Waals surface area (Å²) >= 11 is 4.79. The molecule has 4 aromatic rings. The van der Waals surface area contributed by atoms with E-state index in [2.05, 4.69) is 38.1 Å². The minimum atomic E-state index is -0.627. The Kier molecular flexibility index (Phi) is 6.64. The molecule has 36 heavy (non-hydrogen) atoms. The molecular formula is C28H24BrN3O3S. The molecule has 182 valence electrons. The first-order valence-corrected chi connectivity index (χ1v) is 13.2. The summed E-state index contributed by atoms with van der Waals surface area (Å²) in [5, 5.41) is 1.05. The first-order chi connectivity index (χ1) is 17.4. The van der Waals surface area contributed by atoms with E-state index >= 15 is 0 Å². The van der Waals surface area contributed by atoms with Crippen LogP contribution in [-0.4, -0.2) is 21.7 Å². The van der Waals surface area contributed by atoms with Gasteiger partial charge in [-0.2, -0.15) is 0 Å². The number of thiazole rings is 1. The summed E-state index contributed by atoms with van der Waals surface area (Å²) in [6.45, 7) is 8.32. The Labute approximate surface area is 220 Å². The number of carbonyl (C=O) groups excluding carboxylic acids is 1. The summed E-state index contributed by atoms with van der Waals surface area (Å²) in [6, 6.07) is 15.1. The van der Waals surface area contributed by atoms with Gasteiger partial charge in [-0.1, -0.05) is 63.7 Å². The zero-order valence-electron chi connectivity index (χ0n) is 19.9. The second kappa shape index (κ2) is 9.87. The number of allylic oxidation sites excluding steroid dienone is 2. The molecule has 0 unspecified atom stereocenters. The zero-order valence-corrected chi connectivity index (χ0v) is 22.3. The number of para-hydroxylation sites is 1. The number of esters is 1. The van der Waals surface area contributed by atoms with Crippen LogP contribution in [0.3, 0.4) is 0 Å². The highest BCUT2D eigenvalue weighted by molar-refractivity contribution is 9.10. The topological polar surface area (TPSA) is 65.6 Å². The molecule has 0 spiro atoms. The van der Waals surface area contributed by atoms with Crippen molar-refractivity contribution in [3.05, 3.63) is 114 Å². The second-order valence-corrected chi connectivity index (χ2v) is 10.3. The van der Waals surface area contributed by atoms with Crippen LogP contribution in [-0.2, 0) is 16.1 Å². The molecule has 0 radical (unpaired) electrons. The highest BCUT2D eigenvalue weighted by Crippen LogP contribution is 2.31. The summed E-state index contributed by atoms with van der Waals surface area (Å²) in [6.07, 6.45) is 5.79. The van der Waals surface area contributed by atoms with E-state index in [1.165, 1.54) is 11.3 Å². The van der Waals surface area contributed by atoms with Crippen molar-refractivity contribution in [2.24, 2.45) is 4.99 Å². The molecule has 1 aliphatic rings. The normalized spacial score (nSPS) is 15.6. The largest absolute Gasteiger partial charge is 0.463 e. The Hall–Kier alpha value is -3.49. The van der Waals surface area contributed by atoms with E-state index in [4.69, 9.17) is 4.74 Å². The fraction of sp³-hybridized carbons (Fsp3) is 0.179. The molecule has 2 aromatic heterocycles. The predicted molar refractivity (Wildman–Crippen MR) is 147 cm³/mol. The van der Waals surface area contributed by atoms with Crippen molar-refractivity contribution in [2.45, 2.75) is 26.4 Å². The Morgan fingerprint density at radius 3 is 2.69 bits per heavy atom. The smallest absolute Gasteiger partial charge is 0.338 e. The SMILES string of the molecule is C=CCn1cc(/C=c2\sc3n(c2=O)[C@@H](c2ccc(Br)cc2)C(C(=O)OCC)=C(C)N=3)c2ccccc21. The molecule has 1 aliphatic heterocycles. The summed E-state index contributed by atoms with van der Waals surface area (Å²) in [4.78, 5) is 32.1. The van der Waals surface area contributed by atoms with Crippen molar-refractivity contribution in [1.82, 2.24) is 9.13 Å². The Balaban J connectivity index is 1.74. The van der Waals surface area contributed by atoms with E-state index in [9.17, 15) is 9.59 Å². The maximum atomic E-state index is 13.8. The Morgan fingerprint density at radius 1 is 1.22 bits per heavy atom. The van der Waals surface area contributed by atoms with Gasteiger partial charge in [0.05, 0.1) is 28.5 Å². The molecule has 0 fully saturated rings. The third kappa shape index (κ3) is 4.20. The monoisotopic (exact) mass is 561 g/mol. The van der Waals surface area contributed by atoms with Crippen molar-refractivity contribution in [3.8, 4) is 0 Å². The molecule has 3 heterocycles. The molecule has 0 N–H and O–H groups in total. The number of benzene rings is 2. The van der Waals surface area contributed by atoms with Gasteiger partial charge in [-0.05, 0) is 43.7 Å². The number of ether oxygens (including phenoxy) is 1.